The molecule has 1 aliphatic heterocycles. The van der Waals surface area contributed by atoms with E-state index in [1.165, 1.54) is 50.0 Å². The number of piperidine rings is 1. The molecule has 0 bridgehead atoms. The van der Waals surface area contributed by atoms with Crippen LogP contribution in [0.3, 0.4) is 0 Å². The molecule has 0 aliphatic carbocycles. The Labute approximate surface area is 121 Å². The van der Waals surface area contributed by atoms with Crippen LogP contribution in [0.25, 0.3) is 0 Å². The summed E-state index contributed by atoms with van der Waals surface area (Å²) in [4.78, 5) is 4.36. The summed E-state index contributed by atoms with van der Waals surface area (Å²) in [5.41, 5.74) is 1.39. The van der Waals surface area contributed by atoms with Crippen molar-refractivity contribution < 1.29 is 0 Å². The molecule has 19 heavy (non-hydrogen) atoms. The molecule has 1 saturated heterocycles. The molecule has 1 fully saturated rings. The van der Waals surface area contributed by atoms with E-state index < -0.39 is 0 Å². The Balaban J connectivity index is 1.83. The molecule has 1 aromatic heterocycles. The zero-order valence-electron chi connectivity index (χ0n) is 12.3. The monoisotopic (exact) mass is 281 g/mol. The van der Waals surface area contributed by atoms with Crippen LogP contribution in [-0.2, 0) is 6.54 Å². The summed E-state index contributed by atoms with van der Waals surface area (Å²) in [5.74, 6) is 1.29. The second-order valence-corrected chi connectivity index (χ2v) is 6.60. The van der Waals surface area contributed by atoms with Crippen molar-refractivity contribution in [3.63, 3.8) is 0 Å². The Morgan fingerprint density at radius 2 is 2.26 bits per heavy atom. The number of unbranched alkanes of at least 4 members (excludes halogenated alkanes) is 2. The normalized spacial score (nSPS) is 23.7. The number of hydrogen-bond donors (Lipinski definition) is 1. The van der Waals surface area contributed by atoms with Crippen LogP contribution in [-0.4, -0.2) is 27.6 Å². The van der Waals surface area contributed by atoms with E-state index in [0.717, 1.165) is 6.54 Å². The lowest BCUT2D eigenvalue weighted by Gasteiger charge is -2.29. The van der Waals surface area contributed by atoms with E-state index >= 15 is 0 Å². The van der Waals surface area contributed by atoms with Crippen molar-refractivity contribution in [2.45, 2.75) is 64.1 Å². The van der Waals surface area contributed by atoms with Crippen LogP contribution in [0, 0.1) is 0 Å². The van der Waals surface area contributed by atoms with Crippen LogP contribution in [0.1, 0.15) is 57.2 Å². The van der Waals surface area contributed by atoms with Gasteiger partial charge in [-0.3, -0.25) is 0 Å². The maximum absolute atomic E-state index is 4.36. The summed E-state index contributed by atoms with van der Waals surface area (Å²) in [6.45, 7) is 3.41. The summed E-state index contributed by atoms with van der Waals surface area (Å²) < 4.78 is 2.36. The Morgan fingerprint density at radius 1 is 1.37 bits per heavy atom. The third-order valence-corrected chi connectivity index (χ3v) is 4.66. The van der Waals surface area contributed by atoms with Crippen LogP contribution in [0.15, 0.2) is 12.5 Å². The molecule has 0 radical (unpaired) electrons. The van der Waals surface area contributed by atoms with Crippen molar-refractivity contribution in [2.24, 2.45) is 0 Å². The minimum absolute atomic E-state index is 0.512. The fraction of sp³-hybridized carbons (Fsp3) is 0.800. The number of aryl methyl sites for hydroxylation is 1. The van der Waals surface area contributed by atoms with Gasteiger partial charge >= 0.3 is 0 Å². The highest BCUT2D eigenvalue weighted by molar-refractivity contribution is 7.98. The quantitative estimate of drug-likeness (QED) is 0.774. The first-order valence-corrected chi connectivity index (χ1v) is 8.95. The van der Waals surface area contributed by atoms with Gasteiger partial charge in [0.15, 0.2) is 0 Å². The highest BCUT2D eigenvalue weighted by Crippen LogP contribution is 2.25. The highest BCUT2D eigenvalue weighted by Gasteiger charge is 2.21. The van der Waals surface area contributed by atoms with Crippen LogP contribution >= 0.6 is 11.8 Å². The van der Waals surface area contributed by atoms with Gasteiger partial charge in [0.2, 0.25) is 0 Å². The summed E-state index contributed by atoms with van der Waals surface area (Å²) in [7, 11) is 0. The third-order valence-electron chi connectivity index (χ3n) is 3.96. The molecule has 1 aromatic rings. The largest absolute Gasteiger partial charge is 0.333 e. The molecule has 0 saturated carbocycles. The summed E-state index contributed by atoms with van der Waals surface area (Å²) >= 11 is 1.95. The molecule has 0 amide bonds. The maximum atomic E-state index is 4.36. The lowest BCUT2D eigenvalue weighted by molar-refractivity contribution is 0.328. The molecular weight excluding hydrogens is 254 g/mol. The van der Waals surface area contributed by atoms with Crippen LogP contribution < -0.4 is 5.32 Å². The van der Waals surface area contributed by atoms with Gasteiger partial charge in [-0.15, -0.1) is 0 Å². The summed E-state index contributed by atoms with van der Waals surface area (Å²) in [5, 5.41) is 3.71. The van der Waals surface area contributed by atoms with E-state index in [0.29, 0.717) is 12.1 Å². The zero-order valence-corrected chi connectivity index (χ0v) is 13.1. The van der Waals surface area contributed by atoms with Gasteiger partial charge < -0.3 is 9.88 Å². The second kappa shape index (κ2) is 7.95. The minimum Gasteiger partial charge on any atom is -0.333 e. The van der Waals surface area contributed by atoms with Gasteiger partial charge in [0.05, 0.1) is 12.0 Å². The Morgan fingerprint density at radius 3 is 3.05 bits per heavy atom. The lowest BCUT2D eigenvalue weighted by atomic mass is 9.97. The zero-order chi connectivity index (χ0) is 13.5. The van der Waals surface area contributed by atoms with Gasteiger partial charge in [-0.2, -0.15) is 11.8 Å². The minimum atomic E-state index is 0.512. The Bertz CT molecular complexity index is 364. The smallest absolute Gasteiger partial charge is 0.0948 e. The van der Waals surface area contributed by atoms with Gasteiger partial charge in [0.1, 0.15) is 0 Å². The highest BCUT2D eigenvalue weighted by atomic mass is 32.2. The number of rotatable bonds is 7. The molecule has 2 atom stereocenters. The topological polar surface area (TPSA) is 29.9 Å². The Hall–Kier alpha value is -0.480. The van der Waals surface area contributed by atoms with Gasteiger partial charge in [-0.05, 0) is 51.0 Å². The second-order valence-electron chi connectivity index (χ2n) is 5.62. The number of nitrogens with one attached hydrogen (secondary N) is 1. The van der Waals surface area contributed by atoms with E-state index in [4.69, 9.17) is 0 Å². The molecule has 2 rings (SSSR count). The molecule has 1 N–H and O–H groups in total. The molecule has 3 nitrogen and oxygen atoms in total. The van der Waals surface area contributed by atoms with E-state index in [2.05, 4.69) is 34.2 Å². The van der Waals surface area contributed by atoms with Gasteiger partial charge in [0, 0.05) is 24.8 Å². The number of thioether (sulfide) groups is 1. The third kappa shape index (κ3) is 4.53. The SMILES string of the molecule is CSCCCCCn1cncc1C1CCCC(C)N1. The van der Waals surface area contributed by atoms with E-state index in [9.17, 15) is 0 Å². The standard InChI is InChI=1S/C15H27N3S/c1-13-7-6-8-14(17-13)15-11-16-12-18(15)9-4-3-5-10-19-2/h11-14,17H,3-10H2,1-2H3. The number of nitrogens with zero attached hydrogens (tertiary/aromatic N) is 2. The van der Waals surface area contributed by atoms with Gasteiger partial charge in [0.25, 0.3) is 0 Å². The molecule has 4 heteroatoms. The molecule has 0 spiro atoms. The van der Waals surface area contributed by atoms with Crippen LogP contribution in [0.5, 0.6) is 0 Å². The molecule has 1 aliphatic rings. The van der Waals surface area contributed by atoms with Crippen LogP contribution in [0.4, 0.5) is 0 Å². The van der Waals surface area contributed by atoms with E-state index in [1.807, 2.05) is 18.1 Å². The first kappa shape index (κ1) is 14.9. The van der Waals surface area contributed by atoms with E-state index in [-0.39, 0.29) is 0 Å². The van der Waals surface area contributed by atoms with Crippen LogP contribution in [0.2, 0.25) is 0 Å². The maximum Gasteiger partial charge on any atom is 0.0948 e. The van der Waals surface area contributed by atoms with Crippen molar-refractivity contribution in [1.82, 2.24) is 14.9 Å². The van der Waals surface area contributed by atoms with Crippen molar-refractivity contribution in [3.05, 3.63) is 18.2 Å². The van der Waals surface area contributed by atoms with Gasteiger partial charge in [-0.1, -0.05) is 6.42 Å². The van der Waals surface area contributed by atoms with Crippen molar-refractivity contribution >= 4 is 11.8 Å². The molecule has 0 aromatic carbocycles. The fourth-order valence-electron chi connectivity index (χ4n) is 2.88. The predicted molar refractivity (Wildman–Crippen MR) is 83.6 cm³/mol. The first-order chi connectivity index (χ1) is 9.31. The average molecular weight is 281 g/mol. The predicted octanol–water partition coefficient (Wildman–Crippen LogP) is 3.62. The average Bonchev–Trinajstić information content (AvgIpc) is 2.87. The number of hydrogen-bond acceptors (Lipinski definition) is 3. The fourth-order valence-corrected chi connectivity index (χ4v) is 3.38. The lowest BCUT2D eigenvalue weighted by Crippen LogP contribution is -2.35. The van der Waals surface area contributed by atoms with Crippen molar-refractivity contribution in [1.29, 1.82) is 0 Å². The molecular formula is C15H27N3S. The number of aromatic nitrogens is 2. The molecule has 2 heterocycles. The number of imidazole rings is 1. The Kier molecular flexibility index (Phi) is 6.24. The van der Waals surface area contributed by atoms with Crippen molar-refractivity contribution in [3.8, 4) is 0 Å². The van der Waals surface area contributed by atoms with Crippen molar-refractivity contribution in [2.75, 3.05) is 12.0 Å². The first-order valence-electron chi connectivity index (χ1n) is 7.56. The molecule has 108 valence electrons. The molecule has 2 unspecified atom stereocenters. The summed E-state index contributed by atoms with van der Waals surface area (Å²) in [6.07, 6.45) is 14.1. The van der Waals surface area contributed by atoms with E-state index in [1.54, 1.807) is 0 Å². The summed E-state index contributed by atoms with van der Waals surface area (Å²) in [6, 6.07) is 1.15. The van der Waals surface area contributed by atoms with Gasteiger partial charge in [-0.25, -0.2) is 4.98 Å².